The van der Waals surface area contributed by atoms with Gasteiger partial charge in [0.2, 0.25) is 5.95 Å². The van der Waals surface area contributed by atoms with Gasteiger partial charge >= 0.3 is 0 Å². The maximum absolute atomic E-state index is 6.30. The summed E-state index contributed by atoms with van der Waals surface area (Å²) in [6.45, 7) is 6.28. The molecule has 1 aromatic carbocycles. The van der Waals surface area contributed by atoms with Crippen LogP contribution in [0.15, 0.2) is 18.2 Å². The van der Waals surface area contributed by atoms with Gasteiger partial charge in [-0.15, -0.1) is 0 Å². The van der Waals surface area contributed by atoms with Gasteiger partial charge in [-0.2, -0.15) is 9.97 Å². The van der Waals surface area contributed by atoms with Crippen LogP contribution in [0.5, 0.6) is 0 Å². The van der Waals surface area contributed by atoms with Crippen molar-refractivity contribution >= 4 is 28.6 Å². The number of anilines is 3. The maximum Gasteiger partial charge on any atom is 0.226 e. The number of aromatic nitrogens is 4. The van der Waals surface area contributed by atoms with Crippen LogP contribution in [0.25, 0.3) is 11.2 Å². The number of nitrogens with one attached hydrogen (secondary N) is 1. The van der Waals surface area contributed by atoms with E-state index >= 15 is 0 Å². The van der Waals surface area contributed by atoms with E-state index in [9.17, 15) is 0 Å². The predicted octanol–water partition coefficient (Wildman–Crippen LogP) is 3.15. The van der Waals surface area contributed by atoms with Crippen LogP contribution in [-0.2, 0) is 6.42 Å². The van der Waals surface area contributed by atoms with Crippen molar-refractivity contribution in [3.8, 4) is 0 Å². The van der Waals surface area contributed by atoms with E-state index in [1.54, 1.807) is 0 Å². The largest absolute Gasteiger partial charge is 0.398 e. The highest BCUT2D eigenvalue weighted by Gasteiger charge is 2.22. The molecule has 2 heterocycles. The Morgan fingerprint density at radius 3 is 2.50 bits per heavy atom. The molecule has 0 aliphatic heterocycles. The first-order valence-corrected chi connectivity index (χ1v) is 10.7. The van der Waals surface area contributed by atoms with Gasteiger partial charge in [0.25, 0.3) is 0 Å². The molecule has 3 aromatic rings. The number of benzene rings is 1. The summed E-state index contributed by atoms with van der Waals surface area (Å²) in [5, 5.41) is 3.46. The fraction of sp³-hybridized carbons (Fsp3) is 0.500. The molecule has 7 N–H and O–H groups in total. The predicted molar refractivity (Wildman–Crippen MR) is 122 cm³/mol. The number of aryl methyl sites for hydroxylation is 1. The van der Waals surface area contributed by atoms with Gasteiger partial charge < -0.3 is 27.1 Å². The highest BCUT2D eigenvalue weighted by Crippen LogP contribution is 2.28. The third-order valence-electron chi connectivity index (χ3n) is 5.91. The second-order valence-electron chi connectivity index (χ2n) is 8.73. The zero-order chi connectivity index (χ0) is 21.4. The molecule has 2 aromatic heterocycles. The smallest absolute Gasteiger partial charge is 0.226 e. The number of fused-ring (bicyclic) bond motifs is 1. The van der Waals surface area contributed by atoms with Gasteiger partial charge in [0.05, 0.1) is 0 Å². The minimum Gasteiger partial charge on any atom is -0.398 e. The van der Waals surface area contributed by atoms with Gasteiger partial charge in [0.1, 0.15) is 5.82 Å². The van der Waals surface area contributed by atoms with Crippen molar-refractivity contribution < 1.29 is 0 Å². The molecule has 1 aliphatic rings. The van der Waals surface area contributed by atoms with Crippen molar-refractivity contribution in [2.45, 2.75) is 71.0 Å². The van der Waals surface area contributed by atoms with E-state index in [1.807, 2.05) is 13.0 Å². The standard InChI is InChI=1S/C22H32N8/c1-12(2)30-18(11-14-5-4-13(3)10-17(14)24)27-19-20(25)28-22(29-21(19)30)26-16-8-6-15(23)7-9-16/h4-5,10,12,15-16H,6-9,11,23-24H2,1-3H3,(H3,25,26,28,29). The molecule has 0 amide bonds. The van der Waals surface area contributed by atoms with Crippen LogP contribution in [0.1, 0.15) is 62.5 Å². The Morgan fingerprint density at radius 1 is 1.10 bits per heavy atom. The van der Waals surface area contributed by atoms with Crippen LogP contribution in [0.2, 0.25) is 0 Å². The molecule has 1 saturated carbocycles. The number of hydrogen-bond donors (Lipinski definition) is 4. The molecular weight excluding hydrogens is 376 g/mol. The number of rotatable bonds is 5. The van der Waals surface area contributed by atoms with E-state index in [1.165, 1.54) is 0 Å². The van der Waals surface area contributed by atoms with E-state index in [4.69, 9.17) is 27.2 Å². The zero-order valence-electron chi connectivity index (χ0n) is 18.0. The lowest BCUT2D eigenvalue weighted by Crippen LogP contribution is -2.33. The van der Waals surface area contributed by atoms with E-state index in [0.29, 0.717) is 35.8 Å². The van der Waals surface area contributed by atoms with Crippen molar-refractivity contribution in [3.63, 3.8) is 0 Å². The highest BCUT2D eigenvalue weighted by atomic mass is 15.2. The minimum absolute atomic E-state index is 0.173. The first kappa shape index (κ1) is 20.4. The minimum atomic E-state index is 0.173. The maximum atomic E-state index is 6.30. The molecule has 30 heavy (non-hydrogen) atoms. The zero-order valence-corrected chi connectivity index (χ0v) is 18.0. The average molecular weight is 409 g/mol. The Balaban J connectivity index is 1.70. The van der Waals surface area contributed by atoms with E-state index < -0.39 is 0 Å². The Bertz CT molecular complexity index is 1050. The monoisotopic (exact) mass is 408 g/mol. The Hall–Kier alpha value is -2.87. The SMILES string of the molecule is Cc1ccc(Cc2nc3c(N)nc(NC4CCC(N)CC4)nc3n2C(C)C)c(N)c1. The van der Waals surface area contributed by atoms with E-state index in [2.05, 4.69) is 40.8 Å². The average Bonchev–Trinajstić information content (AvgIpc) is 3.05. The van der Waals surface area contributed by atoms with Crippen molar-refractivity contribution in [1.29, 1.82) is 0 Å². The first-order chi connectivity index (χ1) is 14.3. The summed E-state index contributed by atoms with van der Waals surface area (Å²) in [6, 6.07) is 6.92. The van der Waals surface area contributed by atoms with Crippen LogP contribution in [0.4, 0.5) is 17.5 Å². The summed E-state index contributed by atoms with van der Waals surface area (Å²) in [4.78, 5) is 14.1. The van der Waals surface area contributed by atoms with Crippen LogP contribution in [0, 0.1) is 6.92 Å². The van der Waals surface area contributed by atoms with E-state index in [-0.39, 0.29) is 6.04 Å². The van der Waals surface area contributed by atoms with Crippen LogP contribution < -0.4 is 22.5 Å². The summed E-state index contributed by atoms with van der Waals surface area (Å²) < 4.78 is 2.13. The van der Waals surface area contributed by atoms with Gasteiger partial charge in [0.15, 0.2) is 17.0 Å². The molecule has 8 nitrogen and oxygen atoms in total. The number of imidazole rings is 1. The van der Waals surface area contributed by atoms with Crippen LogP contribution in [0.3, 0.4) is 0 Å². The quantitative estimate of drug-likeness (QED) is 0.476. The van der Waals surface area contributed by atoms with Crippen molar-refractivity contribution in [2.75, 3.05) is 16.8 Å². The normalized spacial score (nSPS) is 19.5. The second kappa shape index (κ2) is 8.10. The Kier molecular flexibility index (Phi) is 5.51. The van der Waals surface area contributed by atoms with Crippen LogP contribution in [-0.4, -0.2) is 31.6 Å². The molecule has 0 spiro atoms. The second-order valence-corrected chi connectivity index (χ2v) is 8.73. The molecule has 4 rings (SSSR count). The van der Waals surface area contributed by atoms with Gasteiger partial charge in [-0.05, 0) is 63.6 Å². The lowest BCUT2D eigenvalue weighted by atomic mass is 9.92. The molecular formula is C22H32N8. The van der Waals surface area contributed by atoms with Gasteiger partial charge in [-0.25, -0.2) is 4.98 Å². The third kappa shape index (κ3) is 4.05. The Labute approximate surface area is 177 Å². The van der Waals surface area contributed by atoms with Gasteiger partial charge in [-0.3, -0.25) is 0 Å². The molecule has 0 unspecified atom stereocenters. The summed E-state index contributed by atoms with van der Waals surface area (Å²) in [5.41, 5.74) is 22.9. The molecule has 1 fully saturated rings. The molecule has 0 radical (unpaired) electrons. The summed E-state index contributed by atoms with van der Waals surface area (Å²) in [5.74, 6) is 1.84. The molecule has 1 aliphatic carbocycles. The summed E-state index contributed by atoms with van der Waals surface area (Å²) >= 11 is 0. The van der Waals surface area contributed by atoms with Crippen LogP contribution >= 0.6 is 0 Å². The van der Waals surface area contributed by atoms with E-state index in [0.717, 1.165) is 54.0 Å². The number of nitrogen functional groups attached to an aromatic ring is 2. The van der Waals surface area contributed by atoms with Crippen molar-refractivity contribution in [1.82, 2.24) is 19.5 Å². The fourth-order valence-corrected chi connectivity index (χ4v) is 4.26. The van der Waals surface area contributed by atoms with Gasteiger partial charge in [-0.1, -0.05) is 12.1 Å². The third-order valence-corrected chi connectivity index (χ3v) is 5.91. The van der Waals surface area contributed by atoms with Gasteiger partial charge in [0, 0.05) is 30.2 Å². The number of nitrogens with two attached hydrogens (primary N) is 3. The highest BCUT2D eigenvalue weighted by molar-refractivity contribution is 5.83. The van der Waals surface area contributed by atoms with Crippen molar-refractivity contribution in [2.24, 2.45) is 5.73 Å². The summed E-state index contributed by atoms with van der Waals surface area (Å²) in [7, 11) is 0. The topological polar surface area (TPSA) is 134 Å². The Morgan fingerprint density at radius 2 is 1.83 bits per heavy atom. The molecule has 160 valence electrons. The lowest BCUT2D eigenvalue weighted by Gasteiger charge is -2.26. The first-order valence-electron chi connectivity index (χ1n) is 10.7. The summed E-state index contributed by atoms with van der Waals surface area (Å²) in [6.07, 6.45) is 4.68. The molecule has 0 atom stereocenters. The molecule has 0 bridgehead atoms. The molecule has 0 saturated heterocycles. The van der Waals surface area contributed by atoms with Crippen molar-refractivity contribution in [3.05, 3.63) is 35.2 Å². The fourth-order valence-electron chi connectivity index (χ4n) is 4.26. The number of nitrogens with zero attached hydrogens (tertiary/aromatic N) is 4. The lowest BCUT2D eigenvalue weighted by molar-refractivity contribution is 0.410. The molecule has 8 heteroatoms. The number of hydrogen-bond acceptors (Lipinski definition) is 7.